The summed E-state index contributed by atoms with van der Waals surface area (Å²) in [6.07, 6.45) is 5.13. The number of rotatable bonds is 7. The van der Waals surface area contributed by atoms with Gasteiger partial charge in [-0.3, -0.25) is 9.59 Å². The summed E-state index contributed by atoms with van der Waals surface area (Å²) in [5.74, 6) is -0.102. The van der Waals surface area contributed by atoms with Crippen molar-refractivity contribution in [1.29, 1.82) is 0 Å². The van der Waals surface area contributed by atoms with Crippen LogP contribution in [0.25, 0.3) is 0 Å². The third kappa shape index (κ3) is 5.51. The van der Waals surface area contributed by atoms with Gasteiger partial charge in [-0.25, -0.2) is 0 Å². The maximum Gasteiger partial charge on any atom is 0.251 e. The zero-order valence-electron chi connectivity index (χ0n) is 19.2. The Kier molecular flexibility index (Phi) is 7.23. The molecular formula is C29H32N2O2. The molecule has 33 heavy (non-hydrogen) atoms. The normalized spacial score (nSPS) is 16.9. The molecule has 1 aliphatic carbocycles. The number of nitrogens with one attached hydrogen (secondary N) is 2. The van der Waals surface area contributed by atoms with Crippen molar-refractivity contribution in [2.75, 3.05) is 0 Å². The molecule has 4 nitrogen and oxygen atoms in total. The van der Waals surface area contributed by atoms with E-state index in [4.69, 9.17) is 0 Å². The summed E-state index contributed by atoms with van der Waals surface area (Å²) in [4.78, 5) is 26.8. The van der Waals surface area contributed by atoms with E-state index in [9.17, 15) is 9.59 Å². The van der Waals surface area contributed by atoms with Crippen molar-refractivity contribution in [3.63, 3.8) is 0 Å². The predicted molar refractivity (Wildman–Crippen MR) is 132 cm³/mol. The van der Waals surface area contributed by atoms with E-state index >= 15 is 0 Å². The second-order valence-corrected chi connectivity index (χ2v) is 9.21. The first kappa shape index (κ1) is 22.8. The summed E-state index contributed by atoms with van der Waals surface area (Å²) in [6.45, 7) is 2.07. The fourth-order valence-corrected chi connectivity index (χ4v) is 4.73. The Morgan fingerprint density at radius 1 is 0.667 bits per heavy atom. The number of hydrogen-bond acceptors (Lipinski definition) is 2. The maximum atomic E-state index is 13.6. The van der Waals surface area contributed by atoms with Gasteiger partial charge in [-0.05, 0) is 36.1 Å². The van der Waals surface area contributed by atoms with Gasteiger partial charge in [-0.2, -0.15) is 0 Å². The highest BCUT2D eigenvalue weighted by Gasteiger charge is 2.37. The van der Waals surface area contributed by atoms with Crippen LogP contribution in [-0.4, -0.2) is 11.8 Å². The fourth-order valence-electron chi connectivity index (χ4n) is 4.73. The molecule has 1 saturated carbocycles. The standard InChI is InChI=1S/C29H32N2O2/c1-29(20-12-5-13-21-29)28(33)31-26(23-16-8-3-9-17-23)25(22-14-6-2-7-15-22)30-27(32)24-18-10-4-11-19-24/h2-4,6-11,14-19,25-26H,5,12-13,20-21H2,1H3,(H,30,32)(H,31,33). The Labute approximate surface area is 196 Å². The van der Waals surface area contributed by atoms with Crippen LogP contribution in [0.3, 0.4) is 0 Å². The molecule has 1 aliphatic rings. The Morgan fingerprint density at radius 3 is 1.64 bits per heavy atom. The van der Waals surface area contributed by atoms with E-state index in [-0.39, 0.29) is 17.2 Å². The zero-order chi connectivity index (χ0) is 23.1. The summed E-state index contributed by atoms with van der Waals surface area (Å²) in [5.41, 5.74) is 2.13. The summed E-state index contributed by atoms with van der Waals surface area (Å²) >= 11 is 0. The molecule has 170 valence electrons. The average Bonchev–Trinajstić information content (AvgIpc) is 2.88. The first-order valence-corrected chi connectivity index (χ1v) is 11.8. The lowest BCUT2D eigenvalue weighted by molar-refractivity contribution is -0.133. The third-order valence-electron chi connectivity index (χ3n) is 6.77. The molecule has 0 bridgehead atoms. The van der Waals surface area contributed by atoms with Gasteiger partial charge in [-0.15, -0.1) is 0 Å². The van der Waals surface area contributed by atoms with Crippen molar-refractivity contribution < 1.29 is 9.59 Å². The summed E-state index contributed by atoms with van der Waals surface area (Å²) in [6, 6.07) is 28.2. The van der Waals surface area contributed by atoms with E-state index in [2.05, 4.69) is 17.6 Å². The minimum absolute atomic E-state index is 0.0611. The molecule has 0 radical (unpaired) electrons. The Hall–Kier alpha value is -3.40. The minimum Gasteiger partial charge on any atom is -0.346 e. The van der Waals surface area contributed by atoms with Crippen LogP contribution in [-0.2, 0) is 4.79 Å². The molecule has 2 atom stereocenters. The lowest BCUT2D eigenvalue weighted by Gasteiger charge is -2.36. The molecule has 4 heteroatoms. The highest BCUT2D eigenvalue weighted by molar-refractivity contribution is 5.94. The zero-order valence-corrected chi connectivity index (χ0v) is 19.2. The van der Waals surface area contributed by atoms with Crippen LogP contribution in [0.1, 0.15) is 72.6 Å². The molecule has 0 aromatic heterocycles. The predicted octanol–water partition coefficient (Wildman–Crippen LogP) is 5.99. The molecule has 0 aliphatic heterocycles. The fraction of sp³-hybridized carbons (Fsp3) is 0.310. The van der Waals surface area contributed by atoms with E-state index in [0.717, 1.165) is 36.8 Å². The van der Waals surface area contributed by atoms with Crippen molar-refractivity contribution in [3.8, 4) is 0 Å². The van der Waals surface area contributed by atoms with Crippen LogP contribution in [0, 0.1) is 5.41 Å². The van der Waals surface area contributed by atoms with Gasteiger partial charge in [0.2, 0.25) is 5.91 Å². The van der Waals surface area contributed by atoms with Crippen LogP contribution < -0.4 is 10.6 Å². The molecule has 3 aromatic rings. The molecule has 4 rings (SSSR count). The second kappa shape index (κ2) is 10.5. The Morgan fingerprint density at radius 2 is 1.12 bits per heavy atom. The molecule has 0 heterocycles. The van der Waals surface area contributed by atoms with E-state index in [1.807, 2.05) is 78.9 Å². The van der Waals surface area contributed by atoms with Gasteiger partial charge in [0.1, 0.15) is 0 Å². The highest BCUT2D eigenvalue weighted by atomic mass is 16.2. The smallest absolute Gasteiger partial charge is 0.251 e. The topological polar surface area (TPSA) is 58.2 Å². The average molecular weight is 441 g/mol. The molecule has 3 aromatic carbocycles. The van der Waals surface area contributed by atoms with Crippen molar-refractivity contribution >= 4 is 11.8 Å². The summed E-state index contributed by atoms with van der Waals surface area (Å²) in [7, 11) is 0. The quantitative estimate of drug-likeness (QED) is 0.474. The highest BCUT2D eigenvalue weighted by Crippen LogP contribution is 2.38. The van der Waals surface area contributed by atoms with Crippen LogP contribution >= 0.6 is 0 Å². The molecule has 0 spiro atoms. The lowest BCUT2D eigenvalue weighted by Crippen LogP contribution is -2.46. The van der Waals surface area contributed by atoms with Crippen LogP contribution in [0.4, 0.5) is 0 Å². The molecule has 2 N–H and O–H groups in total. The van der Waals surface area contributed by atoms with Gasteiger partial charge in [0.05, 0.1) is 12.1 Å². The SMILES string of the molecule is CC1(C(=O)NC(c2ccccc2)C(NC(=O)c2ccccc2)c2ccccc2)CCCCC1. The summed E-state index contributed by atoms with van der Waals surface area (Å²) in [5, 5.41) is 6.56. The van der Waals surface area contributed by atoms with E-state index < -0.39 is 12.1 Å². The van der Waals surface area contributed by atoms with Gasteiger partial charge in [0.15, 0.2) is 0 Å². The van der Waals surface area contributed by atoms with Crippen molar-refractivity contribution in [1.82, 2.24) is 10.6 Å². The molecule has 0 saturated heterocycles. The van der Waals surface area contributed by atoms with Gasteiger partial charge in [-0.1, -0.05) is 105 Å². The van der Waals surface area contributed by atoms with Crippen LogP contribution in [0.15, 0.2) is 91.0 Å². The first-order valence-electron chi connectivity index (χ1n) is 11.8. The van der Waals surface area contributed by atoms with Crippen molar-refractivity contribution in [2.45, 2.75) is 51.1 Å². The van der Waals surface area contributed by atoms with E-state index in [0.29, 0.717) is 5.56 Å². The van der Waals surface area contributed by atoms with Crippen LogP contribution in [0.5, 0.6) is 0 Å². The Balaban J connectivity index is 1.70. The maximum absolute atomic E-state index is 13.6. The number of carbonyl (C=O) groups excluding carboxylic acids is 2. The van der Waals surface area contributed by atoms with Gasteiger partial charge >= 0.3 is 0 Å². The van der Waals surface area contributed by atoms with Gasteiger partial charge in [0, 0.05) is 11.0 Å². The van der Waals surface area contributed by atoms with Crippen molar-refractivity contribution in [2.24, 2.45) is 5.41 Å². The molecule has 2 unspecified atom stereocenters. The minimum atomic E-state index is -0.419. The van der Waals surface area contributed by atoms with Gasteiger partial charge < -0.3 is 10.6 Å². The molecule has 1 fully saturated rings. The van der Waals surface area contributed by atoms with Crippen molar-refractivity contribution in [3.05, 3.63) is 108 Å². The second-order valence-electron chi connectivity index (χ2n) is 9.21. The number of benzene rings is 3. The third-order valence-corrected chi connectivity index (χ3v) is 6.77. The number of carbonyl (C=O) groups is 2. The molecule has 2 amide bonds. The van der Waals surface area contributed by atoms with Gasteiger partial charge in [0.25, 0.3) is 5.91 Å². The molecular weight excluding hydrogens is 408 g/mol. The van der Waals surface area contributed by atoms with E-state index in [1.54, 1.807) is 12.1 Å². The summed E-state index contributed by atoms with van der Waals surface area (Å²) < 4.78 is 0. The lowest BCUT2D eigenvalue weighted by atomic mass is 9.74. The Bertz CT molecular complexity index is 1040. The van der Waals surface area contributed by atoms with E-state index in [1.165, 1.54) is 6.42 Å². The number of amides is 2. The largest absolute Gasteiger partial charge is 0.346 e. The monoisotopic (exact) mass is 440 g/mol. The van der Waals surface area contributed by atoms with Crippen LogP contribution in [0.2, 0.25) is 0 Å². The first-order chi connectivity index (χ1) is 16.1. The number of hydrogen-bond donors (Lipinski definition) is 2.